The predicted molar refractivity (Wildman–Crippen MR) is 87.8 cm³/mol. The van der Waals surface area contributed by atoms with Crippen LogP contribution in [0, 0.1) is 0 Å². The Hall–Kier alpha value is -1.28. The van der Waals surface area contributed by atoms with Crippen LogP contribution in [0.25, 0.3) is 10.2 Å². The van der Waals surface area contributed by atoms with Gasteiger partial charge in [0.05, 0.1) is 21.7 Å². The number of halogens is 1. The van der Waals surface area contributed by atoms with Crippen LogP contribution in [0.5, 0.6) is 0 Å². The van der Waals surface area contributed by atoms with Crippen LogP contribution >= 0.6 is 27.3 Å². The summed E-state index contributed by atoms with van der Waals surface area (Å²) in [4.78, 5) is 4.64. The Morgan fingerprint density at radius 2 is 1.81 bits per heavy atom. The van der Waals surface area contributed by atoms with E-state index < -0.39 is 10.0 Å². The van der Waals surface area contributed by atoms with E-state index in [1.807, 2.05) is 24.3 Å². The zero-order valence-electron chi connectivity index (χ0n) is 10.8. The summed E-state index contributed by atoms with van der Waals surface area (Å²) in [7, 11) is -3.56. The molecule has 0 aliphatic heterocycles. The summed E-state index contributed by atoms with van der Waals surface area (Å²) in [5.41, 5.74) is 0.887. The van der Waals surface area contributed by atoms with Gasteiger partial charge in [0.15, 0.2) is 0 Å². The molecule has 4 nitrogen and oxygen atoms in total. The number of hydrogen-bond acceptors (Lipinski definition) is 4. The van der Waals surface area contributed by atoms with Gasteiger partial charge in [0.25, 0.3) is 0 Å². The number of nitrogens with zero attached hydrogens (tertiary/aromatic N) is 1. The molecule has 0 spiro atoms. The van der Waals surface area contributed by atoms with E-state index in [-0.39, 0.29) is 11.4 Å². The maximum atomic E-state index is 12.3. The molecule has 0 fully saturated rings. The molecular formula is C14H11BrN2O2S2. The van der Waals surface area contributed by atoms with E-state index in [9.17, 15) is 8.42 Å². The maximum absolute atomic E-state index is 12.3. The Kier molecular flexibility index (Phi) is 4.08. The standard InChI is InChI=1S/C14H11BrN2O2S2/c15-10-5-1-4-8-13(10)21(18,19)16-9-14-17-11-6-2-3-7-12(11)20-14/h1-8,16H,9H2. The molecule has 3 aromatic rings. The molecule has 21 heavy (non-hydrogen) atoms. The first-order valence-electron chi connectivity index (χ1n) is 6.15. The Morgan fingerprint density at radius 3 is 2.57 bits per heavy atom. The van der Waals surface area contributed by atoms with E-state index in [4.69, 9.17) is 0 Å². The third-order valence-electron chi connectivity index (χ3n) is 2.88. The largest absolute Gasteiger partial charge is 0.242 e. The van der Waals surface area contributed by atoms with Gasteiger partial charge in [-0.25, -0.2) is 18.1 Å². The van der Waals surface area contributed by atoms with Crippen molar-refractivity contribution in [3.8, 4) is 0 Å². The van der Waals surface area contributed by atoms with Crippen LogP contribution < -0.4 is 4.72 Å². The van der Waals surface area contributed by atoms with Crippen LogP contribution in [0.4, 0.5) is 0 Å². The third-order valence-corrected chi connectivity index (χ3v) is 6.33. The van der Waals surface area contributed by atoms with Gasteiger partial charge >= 0.3 is 0 Å². The monoisotopic (exact) mass is 382 g/mol. The smallest absolute Gasteiger partial charge is 0.240 e. The second-order valence-corrected chi connectivity index (χ2v) is 8.04. The zero-order valence-corrected chi connectivity index (χ0v) is 14.0. The second kappa shape index (κ2) is 5.84. The maximum Gasteiger partial charge on any atom is 0.242 e. The highest BCUT2D eigenvalue weighted by Crippen LogP contribution is 2.23. The summed E-state index contributed by atoms with van der Waals surface area (Å²) in [5, 5.41) is 0.742. The molecule has 1 heterocycles. The molecule has 1 N–H and O–H groups in total. The lowest BCUT2D eigenvalue weighted by Crippen LogP contribution is -2.23. The van der Waals surface area contributed by atoms with E-state index in [0.717, 1.165) is 15.2 Å². The van der Waals surface area contributed by atoms with Crippen molar-refractivity contribution in [2.45, 2.75) is 11.4 Å². The number of benzene rings is 2. The van der Waals surface area contributed by atoms with Crippen molar-refractivity contribution in [2.24, 2.45) is 0 Å². The zero-order chi connectivity index (χ0) is 14.9. The van der Waals surface area contributed by atoms with Crippen LogP contribution in [-0.2, 0) is 16.6 Å². The number of aromatic nitrogens is 1. The molecule has 3 rings (SSSR count). The minimum atomic E-state index is -3.56. The van der Waals surface area contributed by atoms with E-state index in [2.05, 4.69) is 25.6 Å². The quantitative estimate of drug-likeness (QED) is 0.750. The lowest BCUT2D eigenvalue weighted by atomic mass is 10.3. The molecule has 1 aromatic heterocycles. The fraction of sp³-hybridized carbons (Fsp3) is 0.0714. The highest BCUT2D eigenvalue weighted by Gasteiger charge is 2.17. The van der Waals surface area contributed by atoms with Gasteiger partial charge in [-0.15, -0.1) is 11.3 Å². The number of nitrogens with one attached hydrogen (secondary N) is 1. The van der Waals surface area contributed by atoms with Gasteiger partial charge in [-0.3, -0.25) is 0 Å². The summed E-state index contributed by atoms with van der Waals surface area (Å²) in [6.45, 7) is 0.184. The summed E-state index contributed by atoms with van der Waals surface area (Å²) in [6.07, 6.45) is 0. The molecule has 0 atom stereocenters. The van der Waals surface area contributed by atoms with Crippen molar-refractivity contribution in [1.29, 1.82) is 0 Å². The van der Waals surface area contributed by atoms with Crippen molar-refractivity contribution in [2.75, 3.05) is 0 Å². The van der Waals surface area contributed by atoms with E-state index >= 15 is 0 Å². The number of hydrogen-bond donors (Lipinski definition) is 1. The van der Waals surface area contributed by atoms with Crippen molar-refractivity contribution in [3.63, 3.8) is 0 Å². The molecule has 2 aromatic carbocycles. The fourth-order valence-corrected chi connectivity index (χ4v) is 4.88. The Labute approximate surface area is 135 Å². The molecule has 108 valence electrons. The molecule has 0 aliphatic rings. The van der Waals surface area contributed by atoms with Crippen LogP contribution in [0.15, 0.2) is 57.9 Å². The molecule has 0 bridgehead atoms. The van der Waals surface area contributed by atoms with Gasteiger partial charge < -0.3 is 0 Å². The lowest BCUT2D eigenvalue weighted by molar-refractivity contribution is 0.580. The van der Waals surface area contributed by atoms with E-state index in [0.29, 0.717) is 4.47 Å². The summed E-state index contributed by atoms with van der Waals surface area (Å²) < 4.78 is 28.7. The predicted octanol–water partition coefficient (Wildman–Crippen LogP) is 3.54. The Bertz CT molecular complexity index is 858. The molecule has 0 aliphatic carbocycles. The first-order valence-corrected chi connectivity index (χ1v) is 9.24. The summed E-state index contributed by atoms with van der Waals surface area (Å²) in [5.74, 6) is 0. The summed E-state index contributed by atoms with van der Waals surface area (Å²) >= 11 is 4.74. The molecule has 0 saturated heterocycles. The van der Waals surface area contributed by atoms with Gasteiger partial charge in [0.2, 0.25) is 10.0 Å². The number of fused-ring (bicyclic) bond motifs is 1. The minimum Gasteiger partial charge on any atom is -0.240 e. The number of rotatable bonds is 4. The first-order chi connectivity index (χ1) is 10.1. The van der Waals surface area contributed by atoms with Crippen LogP contribution in [0.1, 0.15) is 5.01 Å². The fourth-order valence-electron chi connectivity index (χ4n) is 1.89. The average molecular weight is 383 g/mol. The van der Waals surface area contributed by atoms with Crippen molar-refractivity contribution >= 4 is 47.5 Å². The SMILES string of the molecule is O=S(=O)(NCc1nc2ccccc2s1)c1ccccc1Br. The normalized spacial score (nSPS) is 11.9. The van der Waals surface area contributed by atoms with Crippen LogP contribution in [0.3, 0.4) is 0 Å². The Balaban J connectivity index is 1.82. The van der Waals surface area contributed by atoms with Crippen LogP contribution in [0.2, 0.25) is 0 Å². The molecule has 0 unspecified atom stereocenters. The van der Waals surface area contributed by atoms with Crippen molar-refractivity contribution in [3.05, 3.63) is 58.0 Å². The van der Waals surface area contributed by atoms with Gasteiger partial charge in [-0.05, 0) is 40.2 Å². The number of thiazole rings is 1. The molecule has 0 radical (unpaired) electrons. The number of para-hydroxylation sites is 1. The van der Waals surface area contributed by atoms with Crippen molar-refractivity contribution < 1.29 is 8.42 Å². The highest BCUT2D eigenvalue weighted by molar-refractivity contribution is 9.10. The lowest BCUT2D eigenvalue weighted by Gasteiger charge is -2.06. The highest BCUT2D eigenvalue weighted by atomic mass is 79.9. The second-order valence-electron chi connectivity index (χ2n) is 4.33. The molecular weight excluding hydrogens is 372 g/mol. The first kappa shape index (κ1) is 14.6. The average Bonchev–Trinajstić information content (AvgIpc) is 2.88. The van der Waals surface area contributed by atoms with Crippen LogP contribution in [-0.4, -0.2) is 13.4 Å². The Morgan fingerprint density at radius 1 is 1.10 bits per heavy atom. The molecule has 0 saturated carbocycles. The topological polar surface area (TPSA) is 59.1 Å². The molecule has 7 heteroatoms. The van der Waals surface area contributed by atoms with Gasteiger partial charge in [-0.2, -0.15) is 0 Å². The number of sulfonamides is 1. The third kappa shape index (κ3) is 3.16. The summed E-state index contributed by atoms with van der Waals surface area (Å²) in [6, 6.07) is 14.5. The molecule has 0 amide bonds. The van der Waals surface area contributed by atoms with E-state index in [1.165, 1.54) is 11.3 Å². The van der Waals surface area contributed by atoms with Crippen molar-refractivity contribution in [1.82, 2.24) is 9.71 Å². The van der Waals surface area contributed by atoms with Gasteiger partial charge in [0, 0.05) is 4.47 Å². The van der Waals surface area contributed by atoms with Gasteiger partial charge in [0.1, 0.15) is 5.01 Å². The van der Waals surface area contributed by atoms with Gasteiger partial charge in [-0.1, -0.05) is 24.3 Å². The minimum absolute atomic E-state index is 0.184. The van der Waals surface area contributed by atoms with E-state index in [1.54, 1.807) is 24.3 Å².